The van der Waals surface area contributed by atoms with Crippen LogP contribution in [-0.2, 0) is 11.8 Å². The van der Waals surface area contributed by atoms with Gasteiger partial charge in [0.05, 0.1) is 11.1 Å². The number of aromatic nitrogens is 4. The lowest BCUT2D eigenvalue weighted by atomic mass is 9.80. The van der Waals surface area contributed by atoms with E-state index in [-0.39, 0.29) is 11.2 Å². The topological polar surface area (TPSA) is 67.9 Å². The first-order chi connectivity index (χ1) is 11.5. The fourth-order valence-electron chi connectivity index (χ4n) is 4.29. The van der Waals surface area contributed by atoms with Crippen LogP contribution in [0.1, 0.15) is 49.5 Å². The molecule has 4 rings (SSSR count). The van der Waals surface area contributed by atoms with Crippen molar-refractivity contribution >= 4 is 5.82 Å². The van der Waals surface area contributed by atoms with Crippen LogP contribution in [-0.4, -0.2) is 33.3 Å². The van der Waals surface area contributed by atoms with Crippen molar-refractivity contribution < 1.29 is 8.81 Å². The molecule has 2 aromatic rings. The van der Waals surface area contributed by atoms with E-state index in [1.54, 1.807) is 13.8 Å². The Kier molecular flexibility index (Phi) is 3.54. The summed E-state index contributed by atoms with van der Waals surface area (Å²) in [5, 5.41) is 8.46. The highest BCUT2D eigenvalue weighted by Crippen LogP contribution is 2.50. The van der Waals surface area contributed by atoms with E-state index in [0.717, 1.165) is 32.2 Å². The Morgan fingerprint density at radius 1 is 1.29 bits per heavy atom. The molecule has 1 aliphatic carbocycles. The molecule has 2 fully saturated rings. The van der Waals surface area contributed by atoms with Crippen molar-refractivity contribution in [3.63, 3.8) is 0 Å². The molecule has 1 aliphatic heterocycles. The number of nitrogens with zero attached hydrogens (tertiary/aromatic N) is 5. The first-order valence-electron chi connectivity index (χ1n) is 8.62. The van der Waals surface area contributed by atoms with Gasteiger partial charge in [-0.05, 0) is 32.6 Å². The smallest absolute Gasteiger partial charge is 0.224 e. The highest BCUT2D eigenvalue weighted by atomic mass is 19.1. The largest absolute Gasteiger partial charge is 0.425 e. The zero-order valence-corrected chi connectivity index (χ0v) is 14.3. The molecule has 2 atom stereocenters. The Labute approximate surface area is 140 Å². The predicted octanol–water partition coefficient (Wildman–Crippen LogP) is 2.74. The average molecular weight is 331 g/mol. The lowest BCUT2D eigenvalue weighted by molar-refractivity contribution is 0.297. The number of halogens is 1. The van der Waals surface area contributed by atoms with Gasteiger partial charge >= 0.3 is 0 Å². The summed E-state index contributed by atoms with van der Waals surface area (Å²) < 4.78 is 20.5. The molecule has 0 N–H and O–H groups in total. The Morgan fingerprint density at radius 3 is 2.88 bits per heavy atom. The van der Waals surface area contributed by atoms with E-state index in [9.17, 15) is 4.39 Å². The monoisotopic (exact) mass is 331 g/mol. The van der Waals surface area contributed by atoms with Gasteiger partial charge in [0, 0.05) is 19.5 Å². The first-order valence-corrected chi connectivity index (χ1v) is 8.62. The second-order valence-corrected chi connectivity index (χ2v) is 6.97. The van der Waals surface area contributed by atoms with E-state index in [1.807, 2.05) is 11.8 Å². The number of hydrogen-bond acceptors (Lipinski definition) is 6. The summed E-state index contributed by atoms with van der Waals surface area (Å²) in [7, 11) is 0. The van der Waals surface area contributed by atoms with E-state index in [4.69, 9.17) is 4.42 Å². The Balaban J connectivity index is 1.71. The molecular weight excluding hydrogens is 309 g/mol. The number of aryl methyl sites for hydroxylation is 3. The second kappa shape index (κ2) is 5.50. The highest BCUT2D eigenvalue weighted by molar-refractivity contribution is 5.46. The molecule has 2 aromatic heterocycles. The summed E-state index contributed by atoms with van der Waals surface area (Å²) in [6, 6.07) is 0. The number of anilines is 1. The maximum atomic E-state index is 14.6. The van der Waals surface area contributed by atoms with Gasteiger partial charge in [-0.2, -0.15) is 0 Å². The van der Waals surface area contributed by atoms with Gasteiger partial charge in [-0.15, -0.1) is 10.2 Å². The summed E-state index contributed by atoms with van der Waals surface area (Å²) in [6.07, 6.45) is 3.98. The molecule has 128 valence electrons. The lowest BCUT2D eigenvalue weighted by Crippen LogP contribution is -2.33. The number of rotatable bonds is 3. The van der Waals surface area contributed by atoms with Crippen molar-refractivity contribution in [2.45, 2.75) is 51.9 Å². The van der Waals surface area contributed by atoms with Crippen molar-refractivity contribution in [2.24, 2.45) is 5.92 Å². The van der Waals surface area contributed by atoms with Crippen LogP contribution in [0.3, 0.4) is 0 Å². The standard InChI is InChI=1S/C17H22FN5O/c1-4-13-21-22-16(24-13)17-7-5-6-12(17)8-23(9-17)15-14(18)10(2)19-11(3)20-15/h12H,4-9H2,1-3H3/t12-,17-/m0/s1. The molecular formula is C17H22FN5O. The van der Waals surface area contributed by atoms with Crippen LogP contribution in [0.4, 0.5) is 10.2 Å². The number of fused-ring (bicyclic) bond motifs is 1. The van der Waals surface area contributed by atoms with Crippen LogP contribution in [0.15, 0.2) is 4.42 Å². The molecule has 1 saturated heterocycles. The maximum absolute atomic E-state index is 14.6. The zero-order chi connectivity index (χ0) is 16.9. The van der Waals surface area contributed by atoms with E-state index in [2.05, 4.69) is 20.2 Å². The molecule has 0 bridgehead atoms. The van der Waals surface area contributed by atoms with Gasteiger partial charge < -0.3 is 9.32 Å². The summed E-state index contributed by atoms with van der Waals surface area (Å²) in [5.74, 6) is 2.47. The van der Waals surface area contributed by atoms with Crippen LogP contribution in [0.5, 0.6) is 0 Å². The molecule has 2 aliphatic rings. The third kappa shape index (κ3) is 2.21. The molecule has 0 unspecified atom stereocenters. The maximum Gasteiger partial charge on any atom is 0.224 e. The van der Waals surface area contributed by atoms with Crippen LogP contribution in [0.2, 0.25) is 0 Å². The van der Waals surface area contributed by atoms with Gasteiger partial charge in [-0.3, -0.25) is 0 Å². The van der Waals surface area contributed by atoms with Crippen molar-refractivity contribution in [1.82, 2.24) is 20.2 Å². The number of hydrogen-bond donors (Lipinski definition) is 0. The SMILES string of the molecule is CCc1nnc([C@]23CCC[C@H]2CN(c2nc(C)nc(C)c2F)C3)o1. The Bertz CT molecular complexity index is 776. The van der Waals surface area contributed by atoms with Crippen LogP contribution >= 0.6 is 0 Å². The summed E-state index contributed by atoms with van der Waals surface area (Å²) in [5.41, 5.74) is 0.231. The fourth-order valence-corrected chi connectivity index (χ4v) is 4.29. The molecule has 7 heteroatoms. The average Bonchev–Trinajstić information content (AvgIpc) is 3.23. The normalized spacial score (nSPS) is 26.2. The molecule has 0 spiro atoms. The minimum Gasteiger partial charge on any atom is -0.425 e. The lowest BCUT2D eigenvalue weighted by Gasteiger charge is -2.25. The predicted molar refractivity (Wildman–Crippen MR) is 86.4 cm³/mol. The van der Waals surface area contributed by atoms with E-state index in [0.29, 0.717) is 41.6 Å². The summed E-state index contributed by atoms with van der Waals surface area (Å²) in [6.45, 7) is 6.94. The molecule has 1 saturated carbocycles. The zero-order valence-electron chi connectivity index (χ0n) is 14.3. The molecule has 3 heterocycles. The Morgan fingerprint density at radius 2 is 2.12 bits per heavy atom. The quantitative estimate of drug-likeness (QED) is 0.861. The van der Waals surface area contributed by atoms with E-state index >= 15 is 0 Å². The van der Waals surface area contributed by atoms with E-state index < -0.39 is 0 Å². The van der Waals surface area contributed by atoms with Gasteiger partial charge in [-0.25, -0.2) is 14.4 Å². The molecule has 6 nitrogen and oxygen atoms in total. The second-order valence-electron chi connectivity index (χ2n) is 6.97. The molecule has 24 heavy (non-hydrogen) atoms. The van der Waals surface area contributed by atoms with Crippen molar-refractivity contribution in [2.75, 3.05) is 18.0 Å². The van der Waals surface area contributed by atoms with Crippen LogP contribution < -0.4 is 4.90 Å². The first kappa shape index (κ1) is 15.5. The van der Waals surface area contributed by atoms with Crippen molar-refractivity contribution in [1.29, 1.82) is 0 Å². The highest BCUT2D eigenvalue weighted by Gasteiger charge is 2.54. The van der Waals surface area contributed by atoms with Crippen LogP contribution in [0, 0.1) is 25.6 Å². The molecule has 0 aromatic carbocycles. The van der Waals surface area contributed by atoms with Crippen molar-refractivity contribution in [3.8, 4) is 0 Å². The third-order valence-electron chi connectivity index (χ3n) is 5.48. The van der Waals surface area contributed by atoms with Gasteiger partial charge in [0.15, 0.2) is 11.6 Å². The fraction of sp³-hybridized carbons (Fsp3) is 0.647. The summed E-state index contributed by atoms with van der Waals surface area (Å²) in [4.78, 5) is 10.5. The molecule has 0 radical (unpaired) electrons. The van der Waals surface area contributed by atoms with Gasteiger partial charge in [0.2, 0.25) is 11.8 Å². The van der Waals surface area contributed by atoms with Crippen LogP contribution in [0.25, 0.3) is 0 Å². The van der Waals surface area contributed by atoms with Crippen molar-refractivity contribution in [3.05, 3.63) is 29.1 Å². The minimum absolute atomic E-state index is 0.167. The van der Waals surface area contributed by atoms with Gasteiger partial charge in [0.1, 0.15) is 5.82 Å². The Hall–Kier alpha value is -2.05. The van der Waals surface area contributed by atoms with Gasteiger partial charge in [-0.1, -0.05) is 13.3 Å². The van der Waals surface area contributed by atoms with Gasteiger partial charge in [0.25, 0.3) is 0 Å². The third-order valence-corrected chi connectivity index (χ3v) is 5.48. The minimum atomic E-state index is -0.324. The summed E-state index contributed by atoms with van der Waals surface area (Å²) >= 11 is 0. The van der Waals surface area contributed by atoms with E-state index in [1.165, 1.54) is 0 Å². The molecule has 0 amide bonds.